The fourth-order valence-electron chi connectivity index (χ4n) is 2.01. The maximum Gasteiger partial charge on any atom is 0.0408 e. The summed E-state index contributed by atoms with van der Waals surface area (Å²) < 4.78 is 0. The second kappa shape index (κ2) is 6.99. The highest BCUT2D eigenvalue weighted by Crippen LogP contribution is 2.22. The number of benzene rings is 2. The Morgan fingerprint density at radius 3 is 2.53 bits per heavy atom. The Morgan fingerprint density at radius 1 is 1.16 bits per heavy atom. The van der Waals surface area contributed by atoms with Crippen molar-refractivity contribution in [3.8, 4) is 0 Å². The van der Waals surface area contributed by atoms with E-state index in [0.29, 0.717) is 0 Å². The minimum atomic E-state index is 0.0131. The topological polar surface area (TPSA) is 26.0 Å². The van der Waals surface area contributed by atoms with Crippen molar-refractivity contribution in [3.63, 3.8) is 0 Å². The van der Waals surface area contributed by atoms with Crippen molar-refractivity contribution < 1.29 is 0 Å². The van der Waals surface area contributed by atoms with E-state index >= 15 is 0 Å². The molecule has 2 aromatic carbocycles. The maximum absolute atomic E-state index is 6.25. The summed E-state index contributed by atoms with van der Waals surface area (Å²) in [6.07, 6.45) is 0.806. The first-order valence-corrected chi connectivity index (χ1v) is 7.78. The predicted molar refractivity (Wildman–Crippen MR) is 84.9 cm³/mol. The summed E-state index contributed by atoms with van der Waals surface area (Å²) in [6.45, 7) is 2.16. The van der Waals surface area contributed by atoms with Crippen LogP contribution in [0.1, 0.15) is 24.1 Å². The highest BCUT2D eigenvalue weighted by Gasteiger charge is 2.07. The first kappa shape index (κ1) is 14.4. The predicted octanol–water partition coefficient (Wildman–Crippen LogP) is 4.69. The first-order valence-electron chi connectivity index (χ1n) is 6.42. The van der Waals surface area contributed by atoms with Crippen LogP contribution >= 0.6 is 23.4 Å². The van der Waals surface area contributed by atoms with Gasteiger partial charge in [-0.25, -0.2) is 0 Å². The van der Waals surface area contributed by atoms with Crippen molar-refractivity contribution in [3.05, 3.63) is 64.7 Å². The Hall–Kier alpha value is -0.960. The van der Waals surface area contributed by atoms with Crippen molar-refractivity contribution in [2.45, 2.75) is 24.3 Å². The van der Waals surface area contributed by atoms with Crippen molar-refractivity contribution in [1.82, 2.24) is 0 Å². The van der Waals surface area contributed by atoms with Gasteiger partial charge in [-0.05, 0) is 47.6 Å². The van der Waals surface area contributed by atoms with Crippen LogP contribution in [-0.2, 0) is 6.42 Å². The van der Waals surface area contributed by atoms with Gasteiger partial charge in [-0.2, -0.15) is 0 Å². The van der Waals surface area contributed by atoms with E-state index in [1.165, 1.54) is 16.0 Å². The van der Waals surface area contributed by atoms with Gasteiger partial charge < -0.3 is 5.73 Å². The number of hydrogen-bond donors (Lipinski definition) is 1. The Bertz CT molecular complexity index is 525. The highest BCUT2D eigenvalue weighted by atomic mass is 35.5. The Balaban J connectivity index is 2.05. The molecule has 0 aliphatic rings. The van der Waals surface area contributed by atoms with Gasteiger partial charge >= 0.3 is 0 Å². The van der Waals surface area contributed by atoms with E-state index in [0.717, 1.165) is 17.2 Å². The van der Waals surface area contributed by atoms with Gasteiger partial charge in [0.15, 0.2) is 0 Å². The molecular formula is C16H18ClNS. The van der Waals surface area contributed by atoms with Gasteiger partial charge in [0.1, 0.15) is 0 Å². The van der Waals surface area contributed by atoms with Gasteiger partial charge in [0.2, 0.25) is 0 Å². The molecule has 100 valence electrons. The highest BCUT2D eigenvalue weighted by molar-refractivity contribution is 7.99. The van der Waals surface area contributed by atoms with Gasteiger partial charge in [0, 0.05) is 16.0 Å². The van der Waals surface area contributed by atoms with Crippen molar-refractivity contribution in [2.75, 3.05) is 5.75 Å². The largest absolute Gasteiger partial charge is 0.324 e. The summed E-state index contributed by atoms with van der Waals surface area (Å²) in [5.74, 6) is 1.09. The maximum atomic E-state index is 6.25. The standard InChI is InChI=1S/C16H18ClNS/c1-2-19-15-8-6-13(7-9-15)16(18)11-12-4-3-5-14(17)10-12/h3-10,16H,2,11,18H2,1H3. The van der Waals surface area contributed by atoms with Gasteiger partial charge in [0.25, 0.3) is 0 Å². The summed E-state index contributed by atoms with van der Waals surface area (Å²) in [5.41, 5.74) is 8.59. The molecular weight excluding hydrogens is 274 g/mol. The molecule has 1 atom stereocenters. The number of nitrogens with two attached hydrogens (primary N) is 1. The molecule has 0 bridgehead atoms. The molecule has 0 heterocycles. The van der Waals surface area contributed by atoms with Gasteiger partial charge in [-0.15, -0.1) is 11.8 Å². The second-order valence-electron chi connectivity index (χ2n) is 4.44. The van der Waals surface area contributed by atoms with E-state index in [2.05, 4.69) is 37.3 Å². The van der Waals surface area contributed by atoms with Crippen LogP contribution in [0, 0.1) is 0 Å². The van der Waals surface area contributed by atoms with Crippen LogP contribution in [0.5, 0.6) is 0 Å². The molecule has 0 saturated carbocycles. The molecule has 0 fully saturated rings. The zero-order chi connectivity index (χ0) is 13.7. The molecule has 2 N–H and O–H groups in total. The van der Waals surface area contributed by atoms with Crippen LogP contribution in [0.25, 0.3) is 0 Å². The number of halogens is 1. The third-order valence-corrected chi connectivity index (χ3v) is 4.09. The molecule has 1 nitrogen and oxygen atoms in total. The van der Waals surface area contributed by atoms with Gasteiger partial charge in [0.05, 0.1) is 0 Å². The summed E-state index contributed by atoms with van der Waals surface area (Å²) in [4.78, 5) is 1.29. The second-order valence-corrected chi connectivity index (χ2v) is 6.22. The molecule has 0 amide bonds. The lowest BCUT2D eigenvalue weighted by atomic mass is 10.00. The quantitative estimate of drug-likeness (QED) is 0.809. The molecule has 3 heteroatoms. The average molecular weight is 292 g/mol. The number of rotatable bonds is 5. The van der Waals surface area contributed by atoms with Gasteiger partial charge in [-0.3, -0.25) is 0 Å². The third-order valence-electron chi connectivity index (χ3n) is 2.96. The van der Waals surface area contributed by atoms with Crippen LogP contribution in [0.4, 0.5) is 0 Å². The van der Waals surface area contributed by atoms with Crippen LogP contribution in [0.2, 0.25) is 5.02 Å². The smallest absolute Gasteiger partial charge is 0.0408 e. The lowest BCUT2D eigenvalue weighted by molar-refractivity contribution is 0.721. The molecule has 2 rings (SSSR count). The van der Waals surface area contributed by atoms with Crippen LogP contribution in [-0.4, -0.2) is 5.75 Å². The van der Waals surface area contributed by atoms with Crippen molar-refractivity contribution in [1.29, 1.82) is 0 Å². The molecule has 0 saturated heterocycles. The Labute approximate surface area is 124 Å². The Morgan fingerprint density at radius 2 is 1.89 bits per heavy atom. The summed E-state index contributed by atoms with van der Waals surface area (Å²) >= 11 is 7.83. The normalized spacial score (nSPS) is 12.4. The number of thioether (sulfide) groups is 1. The summed E-state index contributed by atoms with van der Waals surface area (Å²) in [7, 11) is 0. The average Bonchev–Trinajstić information content (AvgIpc) is 2.40. The summed E-state index contributed by atoms with van der Waals surface area (Å²) in [5, 5.41) is 0.763. The van der Waals surface area contributed by atoms with Crippen LogP contribution in [0.15, 0.2) is 53.4 Å². The molecule has 0 aromatic heterocycles. The molecule has 0 aliphatic carbocycles. The summed E-state index contributed by atoms with van der Waals surface area (Å²) in [6, 6.07) is 16.4. The minimum Gasteiger partial charge on any atom is -0.324 e. The zero-order valence-corrected chi connectivity index (χ0v) is 12.5. The number of hydrogen-bond acceptors (Lipinski definition) is 2. The lowest BCUT2D eigenvalue weighted by Gasteiger charge is -2.13. The van der Waals surface area contributed by atoms with E-state index in [-0.39, 0.29) is 6.04 Å². The molecule has 2 aromatic rings. The van der Waals surface area contributed by atoms with E-state index in [4.69, 9.17) is 17.3 Å². The third kappa shape index (κ3) is 4.27. The van der Waals surface area contributed by atoms with E-state index in [1.54, 1.807) is 0 Å². The minimum absolute atomic E-state index is 0.0131. The van der Waals surface area contributed by atoms with E-state index in [9.17, 15) is 0 Å². The molecule has 0 radical (unpaired) electrons. The SMILES string of the molecule is CCSc1ccc(C(N)Cc2cccc(Cl)c2)cc1. The van der Waals surface area contributed by atoms with E-state index in [1.807, 2.05) is 30.0 Å². The molecule has 1 unspecified atom stereocenters. The monoisotopic (exact) mass is 291 g/mol. The van der Waals surface area contributed by atoms with Crippen LogP contribution in [0.3, 0.4) is 0 Å². The zero-order valence-electron chi connectivity index (χ0n) is 11.0. The van der Waals surface area contributed by atoms with Gasteiger partial charge in [-0.1, -0.05) is 42.8 Å². The fraction of sp³-hybridized carbons (Fsp3) is 0.250. The Kier molecular flexibility index (Phi) is 5.32. The van der Waals surface area contributed by atoms with Crippen molar-refractivity contribution >= 4 is 23.4 Å². The van der Waals surface area contributed by atoms with Crippen LogP contribution < -0.4 is 5.73 Å². The lowest BCUT2D eigenvalue weighted by Crippen LogP contribution is -2.13. The fourth-order valence-corrected chi connectivity index (χ4v) is 2.89. The van der Waals surface area contributed by atoms with E-state index < -0.39 is 0 Å². The molecule has 19 heavy (non-hydrogen) atoms. The first-order chi connectivity index (χ1) is 9.19. The van der Waals surface area contributed by atoms with Crippen molar-refractivity contribution in [2.24, 2.45) is 5.73 Å². The molecule has 0 spiro atoms. The molecule has 0 aliphatic heterocycles.